The molecule has 3 rings (SSSR count). The van der Waals surface area contributed by atoms with E-state index in [2.05, 4.69) is 15.6 Å². The molecular weight excluding hydrogens is 256 g/mol. The topological polar surface area (TPSA) is 73.0 Å². The van der Waals surface area contributed by atoms with Crippen molar-refractivity contribution in [3.8, 4) is 5.69 Å². The molecule has 0 bridgehead atoms. The van der Waals surface area contributed by atoms with E-state index in [4.69, 9.17) is 4.52 Å². The van der Waals surface area contributed by atoms with Crippen molar-refractivity contribution in [3.05, 3.63) is 60.1 Å². The Morgan fingerprint density at radius 2 is 2.10 bits per heavy atom. The Morgan fingerprint density at radius 3 is 2.70 bits per heavy atom. The molecule has 6 nitrogen and oxygen atoms in total. The first-order valence-electron chi connectivity index (χ1n) is 6.07. The summed E-state index contributed by atoms with van der Waals surface area (Å²) >= 11 is 0. The fraction of sp³-hybridized carbons (Fsp3) is 0.0714. The van der Waals surface area contributed by atoms with E-state index < -0.39 is 0 Å². The van der Waals surface area contributed by atoms with Crippen molar-refractivity contribution in [2.45, 2.75) is 6.92 Å². The molecule has 0 radical (unpaired) electrons. The number of nitrogens with one attached hydrogen (secondary N) is 1. The van der Waals surface area contributed by atoms with Crippen LogP contribution in [-0.4, -0.2) is 20.8 Å². The Hall–Kier alpha value is -2.89. The van der Waals surface area contributed by atoms with Crippen LogP contribution in [0.15, 0.2) is 53.3 Å². The summed E-state index contributed by atoms with van der Waals surface area (Å²) in [6, 6.07) is 10.6. The van der Waals surface area contributed by atoms with Crippen LogP contribution < -0.4 is 5.32 Å². The number of benzene rings is 1. The van der Waals surface area contributed by atoms with Gasteiger partial charge in [-0.1, -0.05) is 5.16 Å². The Balaban J connectivity index is 1.75. The van der Waals surface area contributed by atoms with E-state index >= 15 is 0 Å². The van der Waals surface area contributed by atoms with Crippen LogP contribution in [0.4, 0.5) is 5.82 Å². The number of aryl methyl sites for hydroxylation is 1. The molecule has 1 aromatic carbocycles. The SMILES string of the molecule is Cc1cc(NC(=O)c2ccc(-n3cccn3)cc2)no1. The van der Waals surface area contributed by atoms with Crippen LogP contribution in [0, 0.1) is 6.92 Å². The van der Waals surface area contributed by atoms with Crippen LogP contribution in [0.25, 0.3) is 5.69 Å². The van der Waals surface area contributed by atoms with Gasteiger partial charge in [-0.15, -0.1) is 0 Å². The van der Waals surface area contributed by atoms with E-state index in [0.29, 0.717) is 17.1 Å². The van der Waals surface area contributed by atoms with Crippen LogP contribution in [0.5, 0.6) is 0 Å². The highest BCUT2D eigenvalue weighted by molar-refractivity contribution is 6.03. The second-order valence-corrected chi connectivity index (χ2v) is 4.27. The van der Waals surface area contributed by atoms with Crippen LogP contribution in [0.1, 0.15) is 16.1 Å². The average Bonchev–Trinajstić information content (AvgIpc) is 3.11. The summed E-state index contributed by atoms with van der Waals surface area (Å²) < 4.78 is 6.62. The Kier molecular flexibility index (Phi) is 3.04. The number of rotatable bonds is 3. The Morgan fingerprint density at radius 1 is 1.30 bits per heavy atom. The van der Waals surface area contributed by atoms with Gasteiger partial charge in [0.25, 0.3) is 5.91 Å². The normalized spacial score (nSPS) is 10.4. The lowest BCUT2D eigenvalue weighted by Gasteiger charge is -2.04. The quantitative estimate of drug-likeness (QED) is 0.791. The molecule has 2 aromatic heterocycles. The molecule has 1 N–H and O–H groups in total. The molecule has 0 aliphatic rings. The predicted octanol–water partition coefficient (Wildman–Crippen LogP) is 2.42. The van der Waals surface area contributed by atoms with Gasteiger partial charge in [-0.2, -0.15) is 5.10 Å². The molecule has 0 aliphatic heterocycles. The highest BCUT2D eigenvalue weighted by atomic mass is 16.5. The van der Waals surface area contributed by atoms with Gasteiger partial charge >= 0.3 is 0 Å². The number of carbonyl (C=O) groups is 1. The zero-order valence-corrected chi connectivity index (χ0v) is 10.8. The van der Waals surface area contributed by atoms with Crippen LogP contribution in [0.2, 0.25) is 0 Å². The first-order chi connectivity index (χ1) is 9.72. The zero-order chi connectivity index (χ0) is 13.9. The number of aromatic nitrogens is 3. The van der Waals surface area contributed by atoms with Gasteiger partial charge in [0.05, 0.1) is 5.69 Å². The minimum atomic E-state index is -0.231. The van der Waals surface area contributed by atoms with E-state index in [1.807, 2.05) is 24.4 Å². The number of anilines is 1. The van der Waals surface area contributed by atoms with E-state index in [1.165, 1.54) is 0 Å². The first kappa shape index (κ1) is 12.2. The fourth-order valence-corrected chi connectivity index (χ4v) is 1.80. The molecule has 20 heavy (non-hydrogen) atoms. The Bertz CT molecular complexity index is 714. The lowest BCUT2D eigenvalue weighted by atomic mass is 10.2. The van der Waals surface area contributed by atoms with Gasteiger partial charge < -0.3 is 9.84 Å². The molecule has 100 valence electrons. The number of hydrogen-bond donors (Lipinski definition) is 1. The molecule has 0 spiro atoms. The molecule has 3 aromatic rings. The van der Waals surface area contributed by atoms with Crippen molar-refractivity contribution in [2.24, 2.45) is 0 Å². The molecule has 0 fully saturated rings. The van der Waals surface area contributed by atoms with Crippen molar-refractivity contribution in [3.63, 3.8) is 0 Å². The van der Waals surface area contributed by atoms with Crippen LogP contribution in [-0.2, 0) is 0 Å². The maximum absolute atomic E-state index is 12.0. The zero-order valence-electron chi connectivity index (χ0n) is 10.8. The van der Waals surface area contributed by atoms with Crippen molar-refractivity contribution < 1.29 is 9.32 Å². The summed E-state index contributed by atoms with van der Waals surface area (Å²) in [5, 5.41) is 10.5. The van der Waals surface area contributed by atoms with Crippen molar-refractivity contribution in [1.29, 1.82) is 0 Å². The number of hydrogen-bond acceptors (Lipinski definition) is 4. The van der Waals surface area contributed by atoms with Crippen molar-refractivity contribution in [1.82, 2.24) is 14.9 Å². The first-order valence-corrected chi connectivity index (χ1v) is 6.07. The molecule has 0 atom stereocenters. The van der Waals surface area contributed by atoms with Gasteiger partial charge in [-0.05, 0) is 37.3 Å². The van der Waals surface area contributed by atoms with E-state index in [1.54, 1.807) is 36.0 Å². The fourth-order valence-electron chi connectivity index (χ4n) is 1.80. The highest BCUT2D eigenvalue weighted by Crippen LogP contribution is 2.12. The van der Waals surface area contributed by atoms with Gasteiger partial charge in [0.2, 0.25) is 0 Å². The van der Waals surface area contributed by atoms with Gasteiger partial charge in [0.15, 0.2) is 5.82 Å². The number of carbonyl (C=O) groups excluding carboxylic acids is 1. The van der Waals surface area contributed by atoms with Crippen molar-refractivity contribution in [2.75, 3.05) is 5.32 Å². The third-order valence-corrected chi connectivity index (χ3v) is 2.77. The molecular formula is C14H12N4O2. The highest BCUT2D eigenvalue weighted by Gasteiger charge is 2.09. The summed E-state index contributed by atoms with van der Waals surface area (Å²) in [7, 11) is 0. The summed E-state index contributed by atoms with van der Waals surface area (Å²) in [5.74, 6) is 0.822. The monoisotopic (exact) mass is 268 g/mol. The molecule has 1 amide bonds. The van der Waals surface area contributed by atoms with Crippen LogP contribution >= 0.6 is 0 Å². The van der Waals surface area contributed by atoms with Crippen LogP contribution in [0.3, 0.4) is 0 Å². The maximum Gasteiger partial charge on any atom is 0.256 e. The molecule has 0 saturated heterocycles. The van der Waals surface area contributed by atoms with Crippen molar-refractivity contribution >= 4 is 11.7 Å². The smallest absolute Gasteiger partial charge is 0.256 e. The molecule has 0 aliphatic carbocycles. The molecule has 0 saturated carbocycles. The largest absolute Gasteiger partial charge is 0.360 e. The average molecular weight is 268 g/mol. The van der Waals surface area contributed by atoms with E-state index in [0.717, 1.165) is 5.69 Å². The third-order valence-electron chi connectivity index (χ3n) is 2.77. The summed E-state index contributed by atoms with van der Waals surface area (Å²) in [6.45, 7) is 1.77. The minimum absolute atomic E-state index is 0.231. The second kappa shape index (κ2) is 5.00. The lowest BCUT2D eigenvalue weighted by molar-refractivity contribution is 0.102. The predicted molar refractivity (Wildman–Crippen MR) is 72.8 cm³/mol. The Labute approximate surface area is 115 Å². The molecule has 6 heteroatoms. The van der Waals surface area contributed by atoms with Gasteiger partial charge in [0, 0.05) is 24.0 Å². The number of nitrogens with zero attached hydrogens (tertiary/aromatic N) is 3. The standard InChI is InChI=1S/C14H12N4O2/c1-10-9-13(17-20-10)16-14(19)11-3-5-12(6-4-11)18-8-2-7-15-18/h2-9H,1H3,(H,16,17,19). The van der Waals surface area contributed by atoms with Gasteiger partial charge in [0.1, 0.15) is 5.76 Å². The molecule has 0 unspecified atom stereocenters. The number of amides is 1. The third kappa shape index (κ3) is 2.44. The maximum atomic E-state index is 12.0. The van der Waals surface area contributed by atoms with Gasteiger partial charge in [-0.25, -0.2) is 4.68 Å². The summed E-state index contributed by atoms with van der Waals surface area (Å²) in [6.07, 6.45) is 3.54. The van der Waals surface area contributed by atoms with E-state index in [-0.39, 0.29) is 5.91 Å². The molecule has 2 heterocycles. The second-order valence-electron chi connectivity index (χ2n) is 4.27. The van der Waals surface area contributed by atoms with E-state index in [9.17, 15) is 4.79 Å². The summed E-state index contributed by atoms with van der Waals surface area (Å²) in [5.41, 5.74) is 1.44. The van der Waals surface area contributed by atoms with Gasteiger partial charge in [-0.3, -0.25) is 4.79 Å². The lowest BCUT2D eigenvalue weighted by Crippen LogP contribution is -2.12. The summed E-state index contributed by atoms with van der Waals surface area (Å²) in [4.78, 5) is 12.0. The minimum Gasteiger partial charge on any atom is -0.360 e.